The van der Waals surface area contributed by atoms with Crippen molar-refractivity contribution in [3.63, 3.8) is 0 Å². The molecule has 0 aliphatic heterocycles. The minimum Gasteiger partial charge on any atom is -0.478 e. The van der Waals surface area contributed by atoms with Crippen molar-refractivity contribution in [2.45, 2.75) is 13.3 Å². The lowest BCUT2D eigenvalue weighted by Crippen LogP contribution is -2.18. The van der Waals surface area contributed by atoms with Crippen LogP contribution < -0.4 is 0 Å². The molecule has 0 fully saturated rings. The van der Waals surface area contributed by atoms with E-state index >= 15 is 0 Å². The summed E-state index contributed by atoms with van der Waals surface area (Å²) in [7, 11) is 3.67. The van der Waals surface area contributed by atoms with Gasteiger partial charge in [0.25, 0.3) is 0 Å². The van der Waals surface area contributed by atoms with E-state index in [2.05, 4.69) is 0 Å². The molecule has 0 saturated heterocycles. The molecular weight excluding hydrogens is 170 g/mol. The van der Waals surface area contributed by atoms with E-state index < -0.39 is 5.97 Å². The van der Waals surface area contributed by atoms with Crippen LogP contribution in [0.1, 0.15) is 13.3 Å². The van der Waals surface area contributed by atoms with Gasteiger partial charge in [-0.1, -0.05) is 6.92 Å². The predicted octanol–water partition coefficient (Wildman–Crippen LogP) is 0.538. The Bertz CT molecular complexity index is 231. The molecule has 0 radical (unpaired) electrons. The maximum absolute atomic E-state index is 10.6. The van der Waals surface area contributed by atoms with Gasteiger partial charge < -0.3 is 10.0 Å². The Kier molecular flexibility index (Phi) is 4.99. The molecule has 13 heavy (non-hydrogen) atoms. The fourth-order valence-corrected chi connectivity index (χ4v) is 1.05. The van der Waals surface area contributed by atoms with Gasteiger partial charge in [-0.15, -0.1) is 0 Å². The molecule has 0 aliphatic carbocycles. The Balaban J connectivity index is 4.82. The molecule has 0 aromatic heterocycles. The van der Waals surface area contributed by atoms with Gasteiger partial charge in [0.2, 0.25) is 0 Å². The van der Waals surface area contributed by atoms with Crippen LogP contribution in [0.4, 0.5) is 0 Å². The molecule has 0 saturated carbocycles. The highest BCUT2D eigenvalue weighted by atomic mass is 16.4. The van der Waals surface area contributed by atoms with Gasteiger partial charge in [-0.25, -0.2) is 4.79 Å². The second kappa shape index (κ2) is 5.48. The quantitative estimate of drug-likeness (QED) is 0.294. The number of aliphatic carboxylic acids is 1. The molecule has 0 rings (SSSR count). The van der Waals surface area contributed by atoms with E-state index in [1.54, 1.807) is 0 Å². The number of hydrogen-bond acceptors (Lipinski definition) is 3. The second-order valence-electron chi connectivity index (χ2n) is 3.03. The summed E-state index contributed by atoms with van der Waals surface area (Å²) in [5.41, 5.74) is 0.545. The van der Waals surface area contributed by atoms with Crippen molar-refractivity contribution < 1.29 is 14.7 Å². The number of nitrogens with zero attached hydrogens (tertiary/aromatic N) is 1. The lowest BCUT2D eigenvalue weighted by molar-refractivity contribution is -0.133. The summed E-state index contributed by atoms with van der Waals surface area (Å²) in [6.45, 7) is 2.35. The number of carboxylic acids is 1. The van der Waals surface area contributed by atoms with E-state index in [0.29, 0.717) is 24.8 Å². The fourth-order valence-electron chi connectivity index (χ4n) is 1.05. The molecule has 0 aromatic carbocycles. The zero-order chi connectivity index (χ0) is 10.4. The summed E-state index contributed by atoms with van der Waals surface area (Å²) in [5.74, 6) is -1.14. The fraction of sp³-hybridized carbons (Fsp3) is 0.556. The average Bonchev–Trinajstić information content (AvgIpc) is 2.02. The number of rotatable bonds is 5. The van der Waals surface area contributed by atoms with Crippen LogP contribution in [0.3, 0.4) is 0 Å². The van der Waals surface area contributed by atoms with Gasteiger partial charge in [0.05, 0.1) is 5.57 Å². The zero-order valence-corrected chi connectivity index (χ0v) is 8.20. The maximum Gasteiger partial charge on any atom is 0.339 e. The Morgan fingerprint density at radius 1 is 1.46 bits per heavy atom. The standard InChI is InChI=1S/C9H15NO3/c1-4-7(5-10(2)3)8(6-11)9(12)13/h6H,4-5H2,1-3H3,(H,12,13)/b8-7+. The summed E-state index contributed by atoms with van der Waals surface area (Å²) in [5, 5.41) is 8.68. The second-order valence-corrected chi connectivity index (χ2v) is 3.03. The third-order valence-corrected chi connectivity index (χ3v) is 1.66. The van der Waals surface area contributed by atoms with Gasteiger partial charge in [0, 0.05) is 6.54 Å². The zero-order valence-electron chi connectivity index (χ0n) is 8.20. The topological polar surface area (TPSA) is 57.6 Å². The number of carboxylic acid groups (broad SMARTS) is 1. The Hall–Kier alpha value is -1.16. The van der Waals surface area contributed by atoms with Crippen molar-refractivity contribution in [3.8, 4) is 0 Å². The van der Waals surface area contributed by atoms with Crippen LogP contribution in [0.5, 0.6) is 0 Å². The first kappa shape index (κ1) is 11.8. The van der Waals surface area contributed by atoms with Crippen molar-refractivity contribution in [2.75, 3.05) is 20.6 Å². The van der Waals surface area contributed by atoms with E-state index in [1.807, 2.05) is 25.9 Å². The molecule has 0 atom stereocenters. The van der Waals surface area contributed by atoms with Gasteiger partial charge in [0.1, 0.15) is 0 Å². The molecule has 0 aliphatic rings. The smallest absolute Gasteiger partial charge is 0.339 e. The van der Waals surface area contributed by atoms with Crippen molar-refractivity contribution in [1.29, 1.82) is 0 Å². The number of carbonyl (C=O) groups excluding carboxylic acids is 1. The maximum atomic E-state index is 10.6. The molecule has 1 N–H and O–H groups in total. The first-order valence-electron chi connectivity index (χ1n) is 4.08. The van der Waals surface area contributed by atoms with Crippen LogP contribution in [-0.4, -0.2) is 42.9 Å². The first-order chi connectivity index (χ1) is 6.02. The molecule has 4 heteroatoms. The summed E-state index contributed by atoms with van der Waals surface area (Å²) in [6.07, 6.45) is 0.989. The summed E-state index contributed by atoms with van der Waals surface area (Å²) in [6, 6.07) is 0. The van der Waals surface area contributed by atoms with Crippen molar-refractivity contribution in [2.24, 2.45) is 0 Å². The van der Waals surface area contributed by atoms with E-state index in [9.17, 15) is 9.59 Å². The molecular formula is C9H15NO3. The van der Waals surface area contributed by atoms with Crippen LogP contribution in [-0.2, 0) is 9.59 Å². The highest BCUT2D eigenvalue weighted by Crippen LogP contribution is 2.08. The first-order valence-corrected chi connectivity index (χ1v) is 4.08. The van der Waals surface area contributed by atoms with E-state index in [4.69, 9.17) is 5.11 Å². The van der Waals surface area contributed by atoms with Gasteiger partial charge in [-0.2, -0.15) is 0 Å². The Labute approximate surface area is 77.8 Å². The summed E-state index contributed by atoms with van der Waals surface area (Å²) >= 11 is 0. The van der Waals surface area contributed by atoms with Crippen LogP contribution >= 0.6 is 0 Å². The molecule has 74 valence electrons. The minimum absolute atomic E-state index is 0.115. The van der Waals surface area contributed by atoms with E-state index in [0.717, 1.165) is 0 Å². The van der Waals surface area contributed by atoms with Crippen LogP contribution in [0.15, 0.2) is 11.1 Å². The van der Waals surface area contributed by atoms with E-state index in [1.165, 1.54) is 0 Å². The third-order valence-electron chi connectivity index (χ3n) is 1.66. The molecule has 0 heterocycles. The van der Waals surface area contributed by atoms with Crippen molar-refractivity contribution in [3.05, 3.63) is 11.1 Å². The largest absolute Gasteiger partial charge is 0.478 e. The van der Waals surface area contributed by atoms with Crippen molar-refractivity contribution >= 4 is 12.3 Å². The number of likely N-dealkylation sites (N-methyl/N-ethyl adjacent to an activating group) is 1. The molecule has 0 amide bonds. The minimum atomic E-state index is -1.14. The average molecular weight is 185 g/mol. The van der Waals surface area contributed by atoms with Gasteiger partial charge in [0.15, 0.2) is 6.29 Å². The Morgan fingerprint density at radius 2 is 2.00 bits per heavy atom. The van der Waals surface area contributed by atoms with E-state index in [-0.39, 0.29) is 5.57 Å². The predicted molar refractivity (Wildman–Crippen MR) is 49.6 cm³/mol. The third kappa shape index (κ3) is 3.85. The highest BCUT2D eigenvalue weighted by molar-refractivity contribution is 6.07. The lowest BCUT2D eigenvalue weighted by atomic mass is 10.1. The summed E-state index contributed by atoms with van der Waals surface area (Å²) in [4.78, 5) is 22.9. The van der Waals surface area contributed by atoms with Gasteiger partial charge >= 0.3 is 5.97 Å². The highest BCUT2D eigenvalue weighted by Gasteiger charge is 2.12. The monoisotopic (exact) mass is 185 g/mol. The number of aldehydes is 1. The van der Waals surface area contributed by atoms with Crippen LogP contribution in [0.2, 0.25) is 0 Å². The molecule has 0 unspecified atom stereocenters. The van der Waals surface area contributed by atoms with Crippen molar-refractivity contribution in [1.82, 2.24) is 4.90 Å². The lowest BCUT2D eigenvalue weighted by Gasteiger charge is -2.12. The summed E-state index contributed by atoms with van der Waals surface area (Å²) < 4.78 is 0. The number of carbonyl (C=O) groups is 2. The van der Waals surface area contributed by atoms with Gasteiger partial charge in [-0.05, 0) is 26.1 Å². The SMILES string of the molecule is CC/C(CN(C)C)=C(/C=O)C(=O)O. The Morgan fingerprint density at radius 3 is 2.23 bits per heavy atom. The normalized spacial score (nSPS) is 12.6. The molecule has 0 spiro atoms. The molecule has 0 aromatic rings. The molecule has 4 nitrogen and oxygen atoms in total. The molecule has 0 bridgehead atoms. The van der Waals surface area contributed by atoms with Crippen LogP contribution in [0, 0.1) is 0 Å². The number of hydrogen-bond donors (Lipinski definition) is 1. The van der Waals surface area contributed by atoms with Crippen LogP contribution in [0.25, 0.3) is 0 Å². The van der Waals surface area contributed by atoms with Gasteiger partial charge in [-0.3, -0.25) is 4.79 Å².